The van der Waals surface area contributed by atoms with Gasteiger partial charge in [-0.05, 0) is 28.1 Å². The van der Waals surface area contributed by atoms with Crippen molar-refractivity contribution in [3.8, 4) is 5.88 Å². The Bertz CT molecular complexity index is 613. The van der Waals surface area contributed by atoms with Crippen molar-refractivity contribution in [3.63, 3.8) is 0 Å². The van der Waals surface area contributed by atoms with E-state index in [4.69, 9.17) is 4.74 Å². The summed E-state index contributed by atoms with van der Waals surface area (Å²) in [5.41, 5.74) is 0.841. The van der Waals surface area contributed by atoms with Crippen LogP contribution in [0.25, 0.3) is 0 Å². The number of hydrogen-bond acceptors (Lipinski definition) is 4. The van der Waals surface area contributed by atoms with E-state index in [1.165, 1.54) is 17.9 Å². The molecule has 0 aliphatic heterocycles. The number of hydrogen-bond donors (Lipinski definition) is 1. The SMILES string of the molecule is COc1ccc(=O)n(CCNc2ccccc2Br)n1. The van der Waals surface area contributed by atoms with Crippen molar-refractivity contribution in [2.45, 2.75) is 6.54 Å². The van der Waals surface area contributed by atoms with Crippen LogP contribution < -0.4 is 15.6 Å². The molecule has 2 rings (SSSR count). The highest BCUT2D eigenvalue weighted by molar-refractivity contribution is 9.10. The Hall–Kier alpha value is -1.82. The molecule has 0 aliphatic carbocycles. The van der Waals surface area contributed by atoms with Crippen LogP contribution in [0.15, 0.2) is 45.7 Å². The maximum atomic E-state index is 11.6. The molecule has 0 aliphatic rings. The van der Waals surface area contributed by atoms with Gasteiger partial charge in [0.1, 0.15) is 0 Å². The fourth-order valence-electron chi connectivity index (χ4n) is 1.60. The number of aromatic nitrogens is 2. The van der Waals surface area contributed by atoms with Crippen LogP contribution in [0.4, 0.5) is 5.69 Å². The first-order valence-electron chi connectivity index (χ1n) is 5.81. The predicted octanol–water partition coefficient (Wildman–Crippen LogP) is 2.13. The van der Waals surface area contributed by atoms with Crippen molar-refractivity contribution in [3.05, 3.63) is 51.2 Å². The minimum Gasteiger partial charge on any atom is -0.480 e. The highest BCUT2D eigenvalue weighted by Crippen LogP contribution is 2.20. The van der Waals surface area contributed by atoms with Crippen molar-refractivity contribution < 1.29 is 4.74 Å². The van der Waals surface area contributed by atoms with Crippen molar-refractivity contribution >= 4 is 21.6 Å². The van der Waals surface area contributed by atoms with Gasteiger partial charge in [-0.2, -0.15) is 0 Å². The number of rotatable bonds is 5. The van der Waals surface area contributed by atoms with Gasteiger partial charge in [0.15, 0.2) is 0 Å². The molecule has 1 N–H and O–H groups in total. The Morgan fingerprint density at radius 3 is 2.84 bits per heavy atom. The van der Waals surface area contributed by atoms with Crippen LogP contribution in [-0.2, 0) is 6.54 Å². The first kappa shape index (κ1) is 13.6. The van der Waals surface area contributed by atoms with E-state index in [2.05, 4.69) is 26.3 Å². The van der Waals surface area contributed by atoms with Gasteiger partial charge in [0.05, 0.1) is 13.7 Å². The van der Waals surface area contributed by atoms with Crippen molar-refractivity contribution in [2.24, 2.45) is 0 Å². The summed E-state index contributed by atoms with van der Waals surface area (Å²) in [6, 6.07) is 10.8. The second-order valence-corrected chi connectivity index (χ2v) is 4.70. The Balaban J connectivity index is 2.00. The molecule has 19 heavy (non-hydrogen) atoms. The molecule has 0 atom stereocenters. The molecule has 100 valence electrons. The second kappa shape index (κ2) is 6.38. The highest BCUT2D eigenvalue weighted by atomic mass is 79.9. The largest absolute Gasteiger partial charge is 0.480 e. The molecule has 0 unspecified atom stereocenters. The van der Waals surface area contributed by atoms with E-state index < -0.39 is 0 Å². The molecule has 1 aromatic heterocycles. The summed E-state index contributed by atoms with van der Waals surface area (Å²) in [6.07, 6.45) is 0. The lowest BCUT2D eigenvalue weighted by molar-refractivity contribution is 0.376. The van der Waals surface area contributed by atoms with Gasteiger partial charge in [-0.25, -0.2) is 4.68 Å². The summed E-state index contributed by atoms with van der Waals surface area (Å²) in [6.45, 7) is 1.07. The van der Waals surface area contributed by atoms with E-state index in [0.717, 1.165) is 10.2 Å². The molecule has 6 heteroatoms. The minimum absolute atomic E-state index is 0.144. The predicted molar refractivity (Wildman–Crippen MR) is 77.7 cm³/mol. The summed E-state index contributed by atoms with van der Waals surface area (Å²) >= 11 is 3.45. The lowest BCUT2D eigenvalue weighted by Crippen LogP contribution is -2.25. The van der Waals surface area contributed by atoms with Crippen molar-refractivity contribution in [1.29, 1.82) is 0 Å². The Morgan fingerprint density at radius 2 is 2.11 bits per heavy atom. The second-order valence-electron chi connectivity index (χ2n) is 3.84. The number of benzene rings is 1. The van der Waals surface area contributed by atoms with Crippen molar-refractivity contribution in [1.82, 2.24) is 9.78 Å². The monoisotopic (exact) mass is 323 g/mol. The maximum Gasteiger partial charge on any atom is 0.267 e. The van der Waals surface area contributed by atoms with Gasteiger partial charge < -0.3 is 10.1 Å². The van der Waals surface area contributed by atoms with Gasteiger partial charge in [-0.1, -0.05) is 12.1 Å². The van der Waals surface area contributed by atoms with E-state index in [-0.39, 0.29) is 5.56 Å². The topological polar surface area (TPSA) is 56.1 Å². The smallest absolute Gasteiger partial charge is 0.267 e. The molecule has 0 bridgehead atoms. The lowest BCUT2D eigenvalue weighted by Gasteiger charge is -2.09. The zero-order valence-corrected chi connectivity index (χ0v) is 12.1. The van der Waals surface area contributed by atoms with E-state index in [1.807, 2.05) is 24.3 Å². The van der Waals surface area contributed by atoms with E-state index >= 15 is 0 Å². The summed E-state index contributed by atoms with van der Waals surface area (Å²) in [5, 5.41) is 7.31. The fourth-order valence-corrected chi connectivity index (χ4v) is 2.03. The van der Waals surface area contributed by atoms with Crippen LogP contribution in [0.2, 0.25) is 0 Å². The first-order chi connectivity index (χ1) is 9.20. The van der Waals surface area contributed by atoms with Gasteiger partial charge in [-0.15, -0.1) is 5.10 Å². The molecule has 1 heterocycles. The zero-order valence-electron chi connectivity index (χ0n) is 10.5. The van der Waals surface area contributed by atoms with Crippen LogP contribution in [0.5, 0.6) is 5.88 Å². The molecule has 2 aromatic rings. The molecule has 0 amide bonds. The number of halogens is 1. The first-order valence-corrected chi connectivity index (χ1v) is 6.60. The molecule has 1 aromatic carbocycles. The van der Waals surface area contributed by atoms with Crippen LogP contribution in [0.1, 0.15) is 0 Å². The normalized spacial score (nSPS) is 10.2. The summed E-state index contributed by atoms with van der Waals surface area (Å²) in [4.78, 5) is 11.6. The molecular formula is C13H14BrN3O2. The highest BCUT2D eigenvalue weighted by Gasteiger charge is 2.01. The third kappa shape index (κ3) is 3.57. The van der Waals surface area contributed by atoms with Crippen molar-refractivity contribution in [2.75, 3.05) is 19.0 Å². The maximum absolute atomic E-state index is 11.6. The standard InChI is InChI=1S/C13H14BrN3O2/c1-19-12-6-7-13(18)17(16-12)9-8-15-11-5-3-2-4-10(11)14/h2-7,15H,8-9H2,1H3. The van der Waals surface area contributed by atoms with E-state index in [9.17, 15) is 4.79 Å². The van der Waals surface area contributed by atoms with Gasteiger partial charge >= 0.3 is 0 Å². The van der Waals surface area contributed by atoms with Crippen LogP contribution in [0.3, 0.4) is 0 Å². The van der Waals surface area contributed by atoms with Gasteiger partial charge in [0.2, 0.25) is 5.88 Å². The average molecular weight is 324 g/mol. The van der Waals surface area contributed by atoms with Crippen LogP contribution in [-0.4, -0.2) is 23.4 Å². The Kier molecular flexibility index (Phi) is 4.57. The number of para-hydroxylation sites is 1. The Labute approximate surface area is 119 Å². The third-order valence-corrected chi connectivity index (χ3v) is 3.26. The summed E-state index contributed by atoms with van der Waals surface area (Å²) in [5.74, 6) is 0.431. The van der Waals surface area contributed by atoms with E-state index in [0.29, 0.717) is 19.0 Å². The average Bonchev–Trinajstić information content (AvgIpc) is 2.43. The summed E-state index contributed by atoms with van der Waals surface area (Å²) < 4.78 is 7.36. The molecular weight excluding hydrogens is 310 g/mol. The Morgan fingerprint density at radius 1 is 1.32 bits per heavy atom. The zero-order chi connectivity index (χ0) is 13.7. The van der Waals surface area contributed by atoms with Gasteiger partial charge in [0.25, 0.3) is 5.56 Å². The van der Waals surface area contributed by atoms with Crippen LogP contribution in [0, 0.1) is 0 Å². The number of ether oxygens (including phenoxy) is 1. The minimum atomic E-state index is -0.144. The quantitative estimate of drug-likeness (QED) is 0.915. The number of nitrogens with one attached hydrogen (secondary N) is 1. The summed E-state index contributed by atoms with van der Waals surface area (Å²) in [7, 11) is 1.52. The van der Waals surface area contributed by atoms with E-state index in [1.54, 1.807) is 6.07 Å². The molecule has 0 saturated heterocycles. The third-order valence-electron chi connectivity index (χ3n) is 2.56. The van der Waals surface area contributed by atoms with Gasteiger partial charge in [-0.3, -0.25) is 4.79 Å². The fraction of sp³-hybridized carbons (Fsp3) is 0.231. The lowest BCUT2D eigenvalue weighted by atomic mass is 10.3. The molecule has 5 nitrogen and oxygen atoms in total. The molecule has 0 radical (unpaired) electrons. The van der Waals surface area contributed by atoms with Crippen LogP contribution >= 0.6 is 15.9 Å². The number of nitrogens with zero attached hydrogens (tertiary/aromatic N) is 2. The number of anilines is 1. The van der Waals surface area contributed by atoms with Gasteiger partial charge in [0, 0.05) is 28.8 Å². The molecule has 0 spiro atoms. The molecule has 0 saturated carbocycles. The molecule has 0 fully saturated rings. The number of methoxy groups -OCH3 is 1.